The van der Waals surface area contributed by atoms with Crippen LogP contribution in [0.5, 0.6) is 0 Å². The zero-order chi connectivity index (χ0) is 20.4. The average Bonchev–Trinajstić information content (AvgIpc) is 3.63. The molecule has 2 atom stereocenters. The van der Waals surface area contributed by atoms with Gasteiger partial charge in [0.15, 0.2) is 0 Å². The van der Waals surface area contributed by atoms with Crippen molar-refractivity contribution in [3.8, 4) is 0 Å². The van der Waals surface area contributed by atoms with E-state index in [-0.39, 0.29) is 29.6 Å². The third kappa shape index (κ3) is 5.02. The van der Waals surface area contributed by atoms with E-state index < -0.39 is 0 Å². The molecule has 0 aliphatic heterocycles. The van der Waals surface area contributed by atoms with Crippen LogP contribution >= 0.6 is 0 Å². The maximum absolute atomic E-state index is 12.4. The van der Waals surface area contributed by atoms with Crippen LogP contribution in [0.15, 0.2) is 48.5 Å². The molecule has 6 heteroatoms. The van der Waals surface area contributed by atoms with Crippen LogP contribution in [0.3, 0.4) is 0 Å². The van der Waals surface area contributed by atoms with E-state index in [0.29, 0.717) is 23.7 Å². The Bertz CT molecular complexity index is 935. The lowest BCUT2D eigenvalue weighted by molar-refractivity contribution is -0.118. The summed E-state index contributed by atoms with van der Waals surface area (Å²) in [6.45, 7) is 2.43. The molecule has 4 rings (SSSR count). The van der Waals surface area contributed by atoms with E-state index in [2.05, 4.69) is 22.9 Å². The molecular formula is C23H25N3O3. The van der Waals surface area contributed by atoms with Gasteiger partial charge in [-0.05, 0) is 67.1 Å². The number of hydrogen-bond donors (Lipinski definition) is 3. The quantitative estimate of drug-likeness (QED) is 0.674. The number of hydrogen-bond acceptors (Lipinski definition) is 3. The Morgan fingerprint density at radius 1 is 0.931 bits per heavy atom. The highest BCUT2D eigenvalue weighted by Crippen LogP contribution is 2.38. The first-order chi connectivity index (χ1) is 14.0. The first kappa shape index (κ1) is 19.2. The van der Waals surface area contributed by atoms with Crippen molar-refractivity contribution in [3.63, 3.8) is 0 Å². The van der Waals surface area contributed by atoms with Gasteiger partial charge < -0.3 is 16.0 Å². The molecule has 2 aliphatic carbocycles. The molecule has 0 saturated heterocycles. The van der Waals surface area contributed by atoms with Crippen molar-refractivity contribution in [1.82, 2.24) is 5.32 Å². The number of nitrogens with one attached hydrogen (secondary N) is 3. The topological polar surface area (TPSA) is 87.3 Å². The molecule has 150 valence electrons. The highest BCUT2D eigenvalue weighted by molar-refractivity contribution is 5.97. The molecule has 2 saturated carbocycles. The van der Waals surface area contributed by atoms with Crippen molar-refractivity contribution in [2.75, 3.05) is 10.6 Å². The SMILES string of the molecule is CC1CC1C(=O)Nc1ccc(C(=O)NCc2cccc(NC(=O)C3CC3)c2)cc1. The number of carbonyl (C=O) groups is 3. The van der Waals surface area contributed by atoms with Crippen molar-refractivity contribution in [2.24, 2.45) is 17.8 Å². The van der Waals surface area contributed by atoms with Crippen LogP contribution in [0.4, 0.5) is 11.4 Å². The fourth-order valence-corrected chi connectivity index (χ4v) is 3.26. The molecule has 2 unspecified atom stereocenters. The molecule has 0 radical (unpaired) electrons. The van der Waals surface area contributed by atoms with Crippen molar-refractivity contribution >= 4 is 29.1 Å². The van der Waals surface area contributed by atoms with Gasteiger partial charge in [-0.2, -0.15) is 0 Å². The van der Waals surface area contributed by atoms with Crippen molar-refractivity contribution in [3.05, 3.63) is 59.7 Å². The van der Waals surface area contributed by atoms with Gasteiger partial charge in [-0.1, -0.05) is 19.1 Å². The second-order valence-electron chi connectivity index (χ2n) is 8.03. The summed E-state index contributed by atoms with van der Waals surface area (Å²) in [5.74, 6) is 0.645. The minimum Gasteiger partial charge on any atom is -0.348 e. The zero-order valence-corrected chi connectivity index (χ0v) is 16.4. The van der Waals surface area contributed by atoms with Crippen LogP contribution in [0.2, 0.25) is 0 Å². The van der Waals surface area contributed by atoms with E-state index in [1.54, 1.807) is 24.3 Å². The summed E-state index contributed by atoms with van der Waals surface area (Å²) in [7, 11) is 0. The smallest absolute Gasteiger partial charge is 0.251 e. The Kier molecular flexibility index (Phi) is 5.34. The van der Waals surface area contributed by atoms with E-state index in [4.69, 9.17) is 0 Å². The Morgan fingerprint density at radius 2 is 1.62 bits per heavy atom. The summed E-state index contributed by atoms with van der Waals surface area (Å²) in [5, 5.41) is 8.69. The van der Waals surface area contributed by atoms with Gasteiger partial charge in [0.2, 0.25) is 11.8 Å². The first-order valence-corrected chi connectivity index (χ1v) is 10.1. The van der Waals surface area contributed by atoms with Crippen LogP contribution < -0.4 is 16.0 Å². The maximum atomic E-state index is 12.4. The third-order valence-electron chi connectivity index (χ3n) is 5.46. The summed E-state index contributed by atoms with van der Waals surface area (Å²) in [6, 6.07) is 14.4. The van der Waals surface area contributed by atoms with E-state index in [1.807, 2.05) is 24.3 Å². The van der Waals surface area contributed by atoms with Crippen molar-refractivity contribution in [1.29, 1.82) is 0 Å². The Hall–Kier alpha value is -3.15. The Labute approximate surface area is 170 Å². The molecule has 6 nitrogen and oxygen atoms in total. The van der Waals surface area contributed by atoms with Crippen molar-refractivity contribution < 1.29 is 14.4 Å². The second kappa shape index (κ2) is 8.07. The summed E-state index contributed by atoms with van der Waals surface area (Å²) < 4.78 is 0. The molecule has 2 aliphatic rings. The van der Waals surface area contributed by atoms with E-state index in [1.165, 1.54) is 0 Å². The molecular weight excluding hydrogens is 366 g/mol. The molecule has 3 N–H and O–H groups in total. The van der Waals surface area contributed by atoms with Gasteiger partial charge in [-0.25, -0.2) is 0 Å². The highest BCUT2D eigenvalue weighted by Gasteiger charge is 2.39. The van der Waals surface area contributed by atoms with Gasteiger partial charge in [-0.15, -0.1) is 0 Å². The monoisotopic (exact) mass is 391 g/mol. The second-order valence-corrected chi connectivity index (χ2v) is 8.03. The van der Waals surface area contributed by atoms with Crippen LogP contribution in [0.1, 0.15) is 42.1 Å². The lowest BCUT2D eigenvalue weighted by atomic mass is 10.1. The fourth-order valence-electron chi connectivity index (χ4n) is 3.26. The van der Waals surface area contributed by atoms with Gasteiger partial charge in [0.1, 0.15) is 0 Å². The first-order valence-electron chi connectivity index (χ1n) is 10.1. The lowest BCUT2D eigenvalue weighted by Crippen LogP contribution is -2.23. The van der Waals surface area contributed by atoms with Gasteiger partial charge in [-0.3, -0.25) is 14.4 Å². The van der Waals surface area contributed by atoms with Crippen LogP contribution in [-0.2, 0) is 16.1 Å². The minimum absolute atomic E-state index is 0.0448. The molecule has 0 bridgehead atoms. The standard InChI is InChI=1S/C23H25N3O3/c1-14-11-20(14)23(29)25-18-9-7-16(8-10-18)21(27)24-13-15-3-2-4-19(12-15)26-22(28)17-5-6-17/h2-4,7-10,12,14,17,20H,5-6,11,13H2,1H3,(H,24,27)(H,25,29)(H,26,28). The van der Waals surface area contributed by atoms with Crippen molar-refractivity contribution in [2.45, 2.75) is 32.7 Å². The molecule has 2 fully saturated rings. The minimum atomic E-state index is -0.189. The number of amides is 3. The molecule has 29 heavy (non-hydrogen) atoms. The van der Waals surface area contributed by atoms with E-state index in [9.17, 15) is 14.4 Å². The van der Waals surface area contributed by atoms with E-state index in [0.717, 1.165) is 30.5 Å². The number of benzene rings is 2. The number of rotatable bonds is 7. The fraction of sp³-hybridized carbons (Fsp3) is 0.348. The lowest BCUT2D eigenvalue weighted by Gasteiger charge is -2.09. The normalized spacial score (nSPS) is 19.9. The summed E-state index contributed by atoms with van der Waals surface area (Å²) >= 11 is 0. The predicted octanol–water partition coefficient (Wildman–Crippen LogP) is 3.56. The van der Waals surface area contributed by atoms with E-state index >= 15 is 0 Å². The highest BCUT2D eigenvalue weighted by atomic mass is 16.2. The third-order valence-corrected chi connectivity index (χ3v) is 5.46. The summed E-state index contributed by atoms with van der Waals surface area (Å²) in [6.07, 6.45) is 2.87. The predicted molar refractivity (Wildman–Crippen MR) is 111 cm³/mol. The zero-order valence-electron chi connectivity index (χ0n) is 16.4. The Balaban J connectivity index is 1.29. The molecule has 2 aromatic rings. The molecule has 2 aromatic carbocycles. The van der Waals surface area contributed by atoms with Gasteiger partial charge >= 0.3 is 0 Å². The van der Waals surface area contributed by atoms with Gasteiger partial charge in [0.05, 0.1) is 0 Å². The summed E-state index contributed by atoms with van der Waals surface area (Å²) in [4.78, 5) is 36.3. The molecule has 0 spiro atoms. The van der Waals surface area contributed by atoms with Crippen LogP contribution in [0, 0.1) is 17.8 Å². The summed E-state index contributed by atoms with van der Waals surface area (Å²) in [5.41, 5.74) is 2.89. The molecule has 3 amide bonds. The number of carbonyl (C=O) groups excluding carboxylic acids is 3. The van der Waals surface area contributed by atoms with Gasteiger partial charge in [0.25, 0.3) is 5.91 Å². The van der Waals surface area contributed by atoms with Crippen LogP contribution in [-0.4, -0.2) is 17.7 Å². The largest absolute Gasteiger partial charge is 0.348 e. The Morgan fingerprint density at radius 3 is 2.28 bits per heavy atom. The average molecular weight is 391 g/mol. The van der Waals surface area contributed by atoms with Crippen LogP contribution in [0.25, 0.3) is 0 Å². The molecule has 0 aromatic heterocycles. The molecule has 0 heterocycles. The number of anilines is 2. The maximum Gasteiger partial charge on any atom is 0.251 e. The van der Waals surface area contributed by atoms with Gasteiger partial charge in [0, 0.05) is 35.3 Å².